The van der Waals surface area contributed by atoms with E-state index < -0.39 is 10.0 Å². The summed E-state index contributed by atoms with van der Waals surface area (Å²) in [4.78, 5) is 4.68. The maximum absolute atomic E-state index is 14.3. The van der Waals surface area contributed by atoms with Gasteiger partial charge in [0, 0.05) is 31.9 Å². The van der Waals surface area contributed by atoms with E-state index >= 15 is 0 Å². The van der Waals surface area contributed by atoms with Gasteiger partial charge in [-0.25, -0.2) is 8.42 Å². The van der Waals surface area contributed by atoms with Crippen LogP contribution in [0, 0.1) is 34.6 Å². The Bertz CT molecular complexity index is 1140. The summed E-state index contributed by atoms with van der Waals surface area (Å²) in [5.41, 5.74) is 6.89. The summed E-state index contributed by atoms with van der Waals surface area (Å²) in [6.45, 7) is 13.0. The van der Waals surface area contributed by atoms with Crippen molar-refractivity contribution in [3.05, 3.63) is 46.0 Å². The Hall–Kier alpha value is -2.25. The zero-order valence-electron chi connectivity index (χ0n) is 22.2. The zero-order valence-corrected chi connectivity index (χ0v) is 23.0. The first kappa shape index (κ1) is 26.4. The number of anilines is 2. The molecule has 0 aliphatic carbocycles. The minimum absolute atomic E-state index is 0.227. The highest BCUT2D eigenvalue weighted by atomic mass is 32.2. The predicted octanol–water partition coefficient (Wildman–Crippen LogP) is 4.98. The highest BCUT2D eigenvalue weighted by Gasteiger charge is 2.32. The fraction of sp³-hybridized carbons (Fsp3) is 0.556. The van der Waals surface area contributed by atoms with Gasteiger partial charge >= 0.3 is 0 Å². The maximum Gasteiger partial charge on any atom is 0.268 e. The molecule has 7 heteroatoms. The smallest absolute Gasteiger partial charge is 0.268 e. The van der Waals surface area contributed by atoms with Gasteiger partial charge in [0.05, 0.1) is 12.8 Å². The highest BCUT2D eigenvalue weighted by molar-refractivity contribution is 7.93. The molecule has 1 aliphatic rings. The van der Waals surface area contributed by atoms with Gasteiger partial charge in [0.15, 0.2) is 0 Å². The molecule has 6 nitrogen and oxygen atoms in total. The molecular weight excluding hydrogens is 446 g/mol. The minimum Gasteiger partial charge on any atom is -0.495 e. The van der Waals surface area contributed by atoms with Crippen molar-refractivity contribution >= 4 is 21.4 Å². The van der Waals surface area contributed by atoms with Gasteiger partial charge in [0.2, 0.25) is 0 Å². The SMILES string of the molecule is COc1c(C)cc(C)cc1S(=O)(=O)N(CCN(C)C)c1c(C)cc(C)c(N2CCCCC2)c1C. The highest BCUT2D eigenvalue weighted by Crippen LogP contribution is 2.41. The number of benzene rings is 2. The van der Waals surface area contributed by atoms with Crippen LogP contribution >= 0.6 is 0 Å². The lowest BCUT2D eigenvalue weighted by Crippen LogP contribution is -2.38. The number of nitrogens with zero attached hydrogens (tertiary/aromatic N) is 3. The second-order valence-electron chi connectivity index (χ2n) is 9.87. The van der Waals surface area contributed by atoms with Crippen LogP contribution in [0.5, 0.6) is 5.75 Å². The monoisotopic (exact) mass is 487 g/mol. The Balaban J connectivity index is 2.25. The lowest BCUT2D eigenvalue weighted by atomic mass is 9.99. The summed E-state index contributed by atoms with van der Waals surface area (Å²) in [5.74, 6) is 0.416. The molecule has 0 atom stereocenters. The third kappa shape index (κ3) is 5.20. The van der Waals surface area contributed by atoms with Crippen LogP contribution in [0.25, 0.3) is 0 Å². The number of likely N-dealkylation sites (N-methyl/N-ethyl adjacent to an activating group) is 1. The van der Waals surface area contributed by atoms with E-state index in [2.05, 4.69) is 24.8 Å². The Morgan fingerprint density at radius 1 is 0.882 bits per heavy atom. The van der Waals surface area contributed by atoms with Crippen LogP contribution < -0.4 is 13.9 Å². The maximum atomic E-state index is 14.3. The summed E-state index contributed by atoms with van der Waals surface area (Å²) in [6, 6.07) is 5.83. The predicted molar refractivity (Wildman–Crippen MR) is 142 cm³/mol. The van der Waals surface area contributed by atoms with Gasteiger partial charge in [-0.3, -0.25) is 4.31 Å². The average molecular weight is 488 g/mol. The van der Waals surface area contributed by atoms with Crippen LogP contribution in [-0.2, 0) is 10.0 Å². The molecule has 3 rings (SSSR count). The largest absolute Gasteiger partial charge is 0.495 e. The number of hydrogen-bond donors (Lipinski definition) is 0. The molecule has 0 N–H and O–H groups in total. The van der Waals surface area contributed by atoms with Crippen LogP contribution in [0.3, 0.4) is 0 Å². The van der Waals surface area contributed by atoms with Gasteiger partial charge < -0.3 is 14.5 Å². The van der Waals surface area contributed by atoms with Crippen molar-refractivity contribution in [3.63, 3.8) is 0 Å². The molecule has 1 fully saturated rings. The zero-order chi connectivity index (χ0) is 25.2. The molecule has 188 valence electrons. The van der Waals surface area contributed by atoms with Crippen molar-refractivity contribution < 1.29 is 13.2 Å². The van der Waals surface area contributed by atoms with E-state index in [1.807, 2.05) is 45.8 Å². The molecule has 0 aromatic heterocycles. The van der Waals surface area contributed by atoms with E-state index in [0.29, 0.717) is 18.8 Å². The van der Waals surface area contributed by atoms with Crippen molar-refractivity contribution in [2.24, 2.45) is 0 Å². The summed E-state index contributed by atoms with van der Waals surface area (Å²) in [7, 11) is 1.60. The number of rotatable bonds is 8. The average Bonchev–Trinajstić information content (AvgIpc) is 2.75. The van der Waals surface area contributed by atoms with Gasteiger partial charge in [0.25, 0.3) is 10.0 Å². The fourth-order valence-electron chi connectivity index (χ4n) is 5.28. The molecule has 0 spiro atoms. The van der Waals surface area contributed by atoms with E-state index in [4.69, 9.17) is 4.74 Å². The Kier molecular flexibility index (Phi) is 8.19. The van der Waals surface area contributed by atoms with Gasteiger partial charge in [-0.2, -0.15) is 0 Å². The number of sulfonamides is 1. The van der Waals surface area contributed by atoms with E-state index in [1.165, 1.54) is 37.6 Å². The van der Waals surface area contributed by atoms with Crippen molar-refractivity contribution in [1.82, 2.24) is 4.90 Å². The third-order valence-electron chi connectivity index (χ3n) is 6.72. The van der Waals surface area contributed by atoms with Crippen molar-refractivity contribution in [2.45, 2.75) is 58.8 Å². The molecule has 0 saturated carbocycles. The molecule has 1 heterocycles. The lowest BCUT2D eigenvalue weighted by molar-refractivity contribution is 0.398. The van der Waals surface area contributed by atoms with Gasteiger partial charge in [-0.15, -0.1) is 0 Å². The Labute approximate surface area is 206 Å². The summed E-state index contributed by atoms with van der Waals surface area (Å²) < 4.78 is 35.9. The van der Waals surface area contributed by atoms with Crippen LogP contribution in [0.15, 0.2) is 23.1 Å². The van der Waals surface area contributed by atoms with Gasteiger partial charge in [-0.05, 0) is 102 Å². The van der Waals surface area contributed by atoms with E-state index in [-0.39, 0.29) is 4.90 Å². The van der Waals surface area contributed by atoms with Crippen molar-refractivity contribution in [2.75, 3.05) is 56.6 Å². The summed E-state index contributed by atoms with van der Waals surface area (Å²) in [5, 5.41) is 0. The standard InChI is InChI=1S/C27H41N3O3S/c1-19-16-22(4)27(33-8)24(17-19)34(31,32)30(15-14-28(6)7)26-21(3)18-20(2)25(23(26)5)29-12-10-9-11-13-29/h16-18H,9-15H2,1-8H3. The van der Waals surface area contributed by atoms with Crippen LogP contribution in [0.2, 0.25) is 0 Å². The number of methoxy groups -OCH3 is 1. The first-order chi connectivity index (χ1) is 16.0. The van der Waals surface area contributed by atoms with Crippen LogP contribution in [-0.4, -0.2) is 60.7 Å². The second kappa shape index (κ2) is 10.6. The van der Waals surface area contributed by atoms with Crippen LogP contribution in [0.4, 0.5) is 11.4 Å². The second-order valence-corrected chi connectivity index (χ2v) is 11.7. The first-order valence-electron chi connectivity index (χ1n) is 12.2. The topological polar surface area (TPSA) is 53.1 Å². The van der Waals surface area contributed by atoms with E-state index in [1.54, 1.807) is 10.4 Å². The molecule has 2 aromatic rings. The lowest BCUT2D eigenvalue weighted by Gasteiger charge is -2.35. The summed E-state index contributed by atoms with van der Waals surface area (Å²) in [6.07, 6.45) is 3.60. The molecule has 0 unspecified atom stereocenters. The normalized spacial score (nSPS) is 14.6. The van der Waals surface area contributed by atoms with Gasteiger partial charge in [0.1, 0.15) is 10.6 Å². The quantitative estimate of drug-likeness (QED) is 0.525. The molecular formula is C27H41N3O3S. The molecule has 34 heavy (non-hydrogen) atoms. The first-order valence-corrected chi connectivity index (χ1v) is 13.6. The van der Waals surface area contributed by atoms with Crippen LogP contribution in [0.1, 0.15) is 47.1 Å². The summed E-state index contributed by atoms with van der Waals surface area (Å²) >= 11 is 0. The molecule has 1 aliphatic heterocycles. The number of hydrogen-bond acceptors (Lipinski definition) is 5. The molecule has 2 aromatic carbocycles. The fourth-order valence-corrected chi connectivity index (χ4v) is 7.18. The Morgan fingerprint density at radius 3 is 2.12 bits per heavy atom. The third-order valence-corrected chi connectivity index (χ3v) is 8.52. The van der Waals surface area contributed by atoms with E-state index in [9.17, 15) is 8.42 Å². The minimum atomic E-state index is -3.88. The molecule has 0 bridgehead atoms. The molecule has 0 amide bonds. The van der Waals surface area contributed by atoms with Crippen molar-refractivity contribution in [3.8, 4) is 5.75 Å². The Morgan fingerprint density at radius 2 is 1.53 bits per heavy atom. The van der Waals surface area contributed by atoms with Crippen molar-refractivity contribution in [1.29, 1.82) is 0 Å². The number of piperidine rings is 1. The molecule has 1 saturated heterocycles. The number of ether oxygens (including phenoxy) is 1. The molecule has 0 radical (unpaired) electrons. The van der Waals surface area contributed by atoms with E-state index in [0.717, 1.165) is 41.0 Å². The van der Waals surface area contributed by atoms with Gasteiger partial charge in [-0.1, -0.05) is 12.1 Å². The number of aryl methyl sites for hydroxylation is 4.